The first kappa shape index (κ1) is 10.7. The Morgan fingerprint density at radius 2 is 2.25 bits per heavy atom. The third-order valence-electron chi connectivity index (χ3n) is 2.28. The number of aryl methyl sites for hydroxylation is 1. The van der Waals surface area contributed by atoms with Crippen molar-refractivity contribution in [1.29, 1.82) is 0 Å². The van der Waals surface area contributed by atoms with E-state index in [1.54, 1.807) is 6.92 Å². The smallest absolute Gasteiger partial charge is 0.311 e. The molecule has 0 aliphatic carbocycles. The topological polar surface area (TPSA) is 43.6 Å². The van der Waals surface area contributed by atoms with Gasteiger partial charge in [0.15, 0.2) is 0 Å². The summed E-state index contributed by atoms with van der Waals surface area (Å²) in [6.07, 6.45) is 4.07. The Labute approximate surface area is 93.9 Å². The zero-order valence-corrected chi connectivity index (χ0v) is 9.43. The summed E-state index contributed by atoms with van der Waals surface area (Å²) in [6, 6.07) is 3.93. The third kappa shape index (κ3) is 2.21. The van der Waals surface area contributed by atoms with Gasteiger partial charge in [0.25, 0.3) is 0 Å². The van der Waals surface area contributed by atoms with Crippen molar-refractivity contribution in [3.8, 4) is 0 Å². The van der Waals surface area contributed by atoms with Crippen LogP contribution >= 0.6 is 0 Å². The number of aromatic nitrogens is 2. The highest BCUT2D eigenvalue weighted by Crippen LogP contribution is 2.08. The normalized spacial score (nSPS) is 10.6. The van der Waals surface area contributed by atoms with E-state index >= 15 is 0 Å². The molecule has 2 aromatic heterocycles. The molecule has 0 saturated carbocycles. The van der Waals surface area contributed by atoms with Crippen LogP contribution in [0.5, 0.6) is 0 Å². The van der Waals surface area contributed by atoms with Gasteiger partial charge >= 0.3 is 5.97 Å². The maximum Gasteiger partial charge on any atom is 0.311 e. The molecule has 0 aliphatic heterocycles. The van der Waals surface area contributed by atoms with E-state index in [0.717, 1.165) is 16.9 Å². The molecule has 2 aromatic rings. The molecule has 0 spiro atoms. The summed E-state index contributed by atoms with van der Waals surface area (Å²) in [7, 11) is 0. The van der Waals surface area contributed by atoms with Crippen molar-refractivity contribution >= 4 is 11.6 Å². The van der Waals surface area contributed by atoms with Gasteiger partial charge in [0, 0.05) is 12.4 Å². The van der Waals surface area contributed by atoms with Crippen molar-refractivity contribution in [2.45, 2.75) is 20.3 Å². The predicted octanol–water partition coefficient (Wildman–Crippen LogP) is 1.75. The largest absolute Gasteiger partial charge is 0.466 e. The fourth-order valence-corrected chi connectivity index (χ4v) is 1.60. The first-order chi connectivity index (χ1) is 7.69. The molecule has 0 atom stereocenters. The number of imidazole rings is 1. The molecular formula is C12H14N2O2. The van der Waals surface area contributed by atoms with Gasteiger partial charge < -0.3 is 9.14 Å². The second-order valence-corrected chi connectivity index (χ2v) is 3.69. The molecule has 0 saturated heterocycles. The van der Waals surface area contributed by atoms with Crippen LogP contribution < -0.4 is 0 Å². The molecule has 0 aromatic carbocycles. The Morgan fingerprint density at radius 3 is 3.00 bits per heavy atom. The molecule has 0 bridgehead atoms. The number of hydrogen-bond donors (Lipinski definition) is 0. The number of rotatable bonds is 3. The van der Waals surface area contributed by atoms with Crippen molar-refractivity contribution in [3.63, 3.8) is 0 Å². The summed E-state index contributed by atoms with van der Waals surface area (Å²) in [5.74, 6) is -0.234. The van der Waals surface area contributed by atoms with Gasteiger partial charge in [-0.25, -0.2) is 4.98 Å². The highest BCUT2D eigenvalue weighted by Gasteiger charge is 2.07. The van der Waals surface area contributed by atoms with Gasteiger partial charge in [-0.2, -0.15) is 0 Å². The zero-order valence-electron chi connectivity index (χ0n) is 9.43. The molecule has 16 heavy (non-hydrogen) atoms. The number of hydrogen-bond acceptors (Lipinski definition) is 3. The summed E-state index contributed by atoms with van der Waals surface area (Å²) in [4.78, 5) is 15.6. The molecule has 0 fully saturated rings. The highest BCUT2D eigenvalue weighted by atomic mass is 16.5. The number of nitrogens with zero attached hydrogens (tertiary/aromatic N) is 2. The second-order valence-electron chi connectivity index (χ2n) is 3.69. The SMILES string of the molecule is CCOC(=O)Cc1cn2cc(C)ccc2n1. The lowest BCUT2D eigenvalue weighted by Crippen LogP contribution is -2.07. The Kier molecular flexibility index (Phi) is 2.90. The molecule has 0 unspecified atom stereocenters. The van der Waals surface area contributed by atoms with E-state index in [9.17, 15) is 4.79 Å². The summed E-state index contributed by atoms with van der Waals surface area (Å²) in [5, 5.41) is 0. The van der Waals surface area contributed by atoms with Gasteiger partial charge in [0.05, 0.1) is 18.7 Å². The minimum absolute atomic E-state index is 0.231. The zero-order chi connectivity index (χ0) is 11.5. The summed E-state index contributed by atoms with van der Waals surface area (Å²) in [5.41, 5.74) is 2.75. The third-order valence-corrected chi connectivity index (χ3v) is 2.28. The fraction of sp³-hybridized carbons (Fsp3) is 0.333. The standard InChI is InChI=1S/C12H14N2O2/c1-3-16-12(15)6-10-8-14-7-9(2)4-5-11(14)13-10/h4-5,7-8H,3,6H2,1-2H3. The van der Waals surface area contributed by atoms with E-state index in [1.165, 1.54) is 0 Å². The van der Waals surface area contributed by atoms with E-state index in [2.05, 4.69) is 4.98 Å². The number of fused-ring (bicyclic) bond motifs is 1. The van der Waals surface area contributed by atoms with E-state index in [-0.39, 0.29) is 12.4 Å². The minimum Gasteiger partial charge on any atom is -0.466 e. The highest BCUT2D eigenvalue weighted by molar-refractivity contribution is 5.72. The van der Waals surface area contributed by atoms with Crippen molar-refractivity contribution in [2.24, 2.45) is 0 Å². The van der Waals surface area contributed by atoms with Crippen LogP contribution in [-0.4, -0.2) is 22.0 Å². The minimum atomic E-state index is -0.234. The van der Waals surface area contributed by atoms with Crippen molar-refractivity contribution in [1.82, 2.24) is 9.38 Å². The number of carbonyl (C=O) groups is 1. The summed E-state index contributed by atoms with van der Waals surface area (Å²) >= 11 is 0. The van der Waals surface area contributed by atoms with Crippen LogP contribution in [0.25, 0.3) is 5.65 Å². The fourth-order valence-electron chi connectivity index (χ4n) is 1.60. The van der Waals surface area contributed by atoms with Gasteiger partial charge in [-0.15, -0.1) is 0 Å². The lowest BCUT2D eigenvalue weighted by molar-refractivity contribution is -0.142. The molecule has 0 N–H and O–H groups in total. The van der Waals surface area contributed by atoms with E-state index < -0.39 is 0 Å². The van der Waals surface area contributed by atoms with Crippen LogP contribution in [0.4, 0.5) is 0 Å². The molecule has 0 aliphatic rings. The number of pyridine rings is 1. The molecular weight excluding hydrogens is 204 g/mol. The lowest BCUT2D eigenvalue weighted by Gasteiger charge is -1.97. The number of ether oxygens (including phenoxy) is 1. The second kappa shape index (κ2) is 4.35. The Hall–Kier alpha value is -1.84. The molecule has 2 heterocycles. The van der Waals surface area contributed by atoms with Crippen molar-refractivity contribution in [2.75, 3.05) is 6.61 Å². The monoisotopic (exact) mass is 218 g/mol. The molecule has 84 valence electrons. The van der Waals surface area contributed by atoms with Crippen LogP contribution in [-0.2, 0) is 16.0 Å². The predicted molar refractivity (Wildman–Crippen MR) is 60.3 cm³/mol. The van der Waals surface area contributed by atoms with Crippen LogP contribution in [0.15, 0.2) is 24.5 Å². The van der Waals surface area contributed by atoms with Gasteiger partial charge in [0.1, 0.15) is 5.65 Å². The first-order valence-electron chi connectivity index (χ1n) is 5.29. The van der Waals surface area contributed by atoms with Crippen molar-refractivity contribution < 1.29 is 9.53 Å². The number of carbonyl (C=O) groups excluding carboxylic acids is 1. The number of esters is 1. The van der Waals surface area contributed by atoms with Gasteiger partial charge in [-0.1, -0.05) is 6.07 Å². The molecule has 4 nitrogen and oxygen atoms in total. The Bertz CT molecular complexity index is 517. The molecule has 0 amide bonds. The average molecular weight is 218 g/mol. The van der Waals surface area contributed by atoms with Crippen LogP contribution in [0.3, 0.4) is 0 Å². The molecule has 0 radical (unpaired) electrons. The maximum atomic E-state index is 11.3. The van der Waals surface area contributed by atoms with E-state index in [4.69, 9.17) is 4.74 Å². The average Bonchev–Trinajstić information content (AvgIpc) is 2.59. The lowest BCUT2D eigenvalue weighted by atomic mass is 10.3. The summed E-state index contributed by atoms with van der Waals surface area (Å²) in [6.45, 7) is 4.22. The maximum absolute atomic E-state index is 11.3. The van der Waals surface area contributed by atoms with Gasteiger partial charge in [-0.05, 0) is 25.5 Å². The molecule has 2 rings (SSSR count). The van der Waals surface area contributed by atoms with Crippen molar-refractivity contribution in [3.05, 3.63) is 35.8 Å². The Balaban J connectivity index is 2.23. The van der Waals surface area contributed by atoms with Gasteiger partial charge in [0.2, 0.25) is 0 Å². The van der Waals surface area contributed by atoms with Crippen LogP contribution in [0.2, 0.25) is 0 Å². The first-order valence-corrected chi connectivity index (χ1v) is 5.29. The Morgan fingerprint density at radius 1 is 1.44 bits per heavy atom. The quantitative estimate of drug-likeness (QED) is 0.737. The van der Waals surface area contributed by atoms with E-state index in [0.29, 0.717) is 6.61 Å². The van der Waals surface area contributed by atoms with Crippen LogP contribution in [0.1, 0.15) is 18.2 Å². The van der Waals surface area contributed by atoms with Crippen LogP contribution in [0, 0.1) is 6.92 Å². The van der Waals surface area contributed by atoms with E-state index in [1.807, 2.05) is 35.9 Å². The van der Waals surface area contributed by atoms with Gasteiger partial charge in [-0.3, -0.25) is 4.79 Å². The summed E-state index contributed by atoms with van der Waals surface area (Å²) < 4.78 is 6.80. The molecule has 4 heteroatoms.